The summed E-state index contributed by atoms with van der Waals surface area (Å²) < 4.78 is 35.6. The summed E-state index contributed by atoms with van der Waals surface area (Å²) in [4.78, 5) is 11.2. The fourth-order valence-corrected chi connectivity index (χ4v) is 1.28. The Morgan fingerprint density at radius 3 is 2.39 bits per heavy atom. The van der Waals surface area contributed by atoms with Gasteiger partial charge in [0.1, 0.15) is 0 Å². The lowest BCUT2D eigenvalue weighted by molar-refractivity contribution is -0.142. The normalized spacial score (nSPS) is 10.8. The number of carbonyl (C=O) groups excluding carboxylic acids is 1. The monoisotopic (exact) mass is 256 g/mol. The Labute approximate surface area is 102 Å². The number of nitrogens with one attached hydrogen (secondary N) is 1. The third-order valence-electron chi connectivity index (χ3n) is 2.16. The van der Waals surface area contributed by atoms with Gasteiger partial charge in [0, 0.05) is 12.1 Å². The standard InChI is InChI=1S/C12H11F3N2O/c13-12(14,15)7-5-11(18)17-10-3-1-9(2-4-10)6-8-16/h1-4H,5-7H2,(H,17,18). The summed E-state index contributed by atoms with van der Waals surface area (Å²) in [6, 6.07) is 8.36. The molecule has 18 heavy (non-hydrogen) atoms. The number of amides is 1. The van der Waals surface area contributed by atoms with Crippen LogP contribution in [-0.2, 0) is 11.2 Å². The molecular weight excluding hydrogens is 245 g/mol. The van der Waals surface area contributed by atoms with Crippen LogP contribution in [0.5, 0.6) is 0 Å². The molecule has 0 aliphatic heterocycles. The van der Waals surface area contributed by atoms with Crippen molar-refractivity contribution >= 4 is 11.6 Å². The smallest absolute Gasteiger partial charge is 0.326 e. The molecule has 0 spiro atoms. The summed E-state index contributed by atoms with van der Waals surface area (Å²) in [5, 5.41) is 10.8. The SMILES string of the molecule is N#CCc1ccc(NC(=O)CCC(F)(F)F)cc1. The van der Waals surface area contributed by atoms with Gasteiger partial charge in [-0.25, -0.2) is 0 Å². The molecule has 0 radical (unpaired) electrons. The Morgan fingerprint density at radius 2 is 1.89 bits per heavy atom. The van der Waals surface area contributed by atoms with Crippen LogP contribution in [-0.4, -0.2) is 12.1 Å². The van der Waals surface area contributed by atoms with E-state index in [0.29, 0.717) is 5.69 Å². The van der Waals surface area contributed by atoms with Crippen LogP contribution >= 0.6 is 0 Å². The van der Waals surface area contributed by atoms with E-state index in [1.165, 1.54) is 0 Å². The maximum atomic E-state index is 11.9. The predicted octanol–water partition coefficient (Wildman–Crippen LogP) is 3.03. The molecule has 1 amide bonds. The van der Waals surface area contributed by atoms with E-state index in [-0.39, 0.29) is 6.42 Å². The number of alkyl halides is 3. The Bertz CT molecular complexity index is 446. The van der Waals surface area contributed by atoms with E-state index in [4.69, 9.17) is 5.26 Å². The minimum atomic E-state index is -4.33. The number of hydrogen-bond acceptors (Lipinski definition) is 2. The fourth-order valence-electron chi connectivity index (χ4n) is 1.28. The third-order valence-corrected chi connectivity index (χ3v) is 2.16. The van der Waals surface area contributed by atoms with Crippen molar-refractivity contribution in [2.24, 2.45) is 0 Å². The topological polar surface area (TPSA) is 52.9 Å². The van der Waals surface area contributed by atoms with Crippen LogP contribution in [0.4, 0.5) is 18.9 Å². The molecule has 1 aromatic carbocycles. The largest absolute Gasteiger partial charge is 0.389 e. The molecule has 0 aliphatic carbocycles. The summed E-state index contributed by atoms with van der Waals surface area (Å²) >= 11 is 0. The van der Waals surface area contributed by atoms with Crippen molar-refractivity contribution in [3.05, 3.63) is 29.8 Å². The van der Waals surface area contributed by atoms with E-state index in [9.17, 15) is 18.0 Å². The van der Waals surface area contributed by atoms with Crippen molar-refractivity contribution in [1.29, 1.82) is 5.26 Å². The van der Waals surface area contributed by atoms with Gasteiger partial charge in [0.25, 0.3) is 0 Å². The van der Waals surface area contributed by atoms with E-state index in [1.807, 2.05) is 6.07 Å². The predicted molar refractivity (Wildman–Crippen MR) is 59.7 cm³/mol. The lowest BCUT2D eigenvalue weighted by atomic mass is 10.1. The van der Waals surface area contributed by atoms with Gasteiger partial charge in [0.05, 0.1) is 18.9 Å². The van der Waals surface area contributed by atoms with Crippen molar-refractivity contribution in [1.82, 2.24) is 0 Å². The number of nitrogens with zero attached hydrogens (tertiary/aromatic N) is 1. The Balaban J connectivity index is 2.47. The van der Waals surface area contributed by atoms with Crippen LogP contribution in [0.25, 0.3) is 0 Å². The minimum absolute atomic E-state index is 0.252. The molecule has 0 aromatic heterocycles. The number of hydrogen-bond donors (Lipinski definition) is 1. The molecule has 1 N–H and O–H groups in total. The van der Waals surface area contributed by atoms with Crippen molar-refractivity contribution in [2.45, 2.75) is 25.4 Å². The highest BCUT2D eigenvalue weighted by atomic mass is 19.4. The second-order valence-electron chi connectivity index (χ2n) is 3.70. The number of carbonyl (C=O) groups is 1. The number of benzene rings is 1. The molecule has 0 saturated carbocycles. The van der Waals surface area contributed by atoms with Gasteiger partial charge in [0.2, 0.25) is 5.91 Å². The van der Waals surface area contributed by atoms with Crippen molar-refractivity contribution in [3.63, 3.8) is 0 Å². The molecule has 3 nitrogen and oxygen atoms in total. The number of halogens is 3. The first kappa shape index (κ1) is 14.0. The van der Waals surface area contributed by atoms with E-state index < -0.39 is 24.9 Å². The number of rotatable bonds is 4. The quantitative estimate of drug-likeness (QED) is 0.900. The zero-order valence-electron chi connectivity index (χ0n) is 9.42. The molecule has 96 valence electrons. The molecule has 0 bridgehead atoms. The van der Waals surface area contributed by atoms with Crippen LogP contribution < -0.4 is 5.32 Å². The van der Waals surface area contributed by atoms with Gasteiger partial charge < -0.3 is 5.32 Å². The second-order valence-corrected chi connectivity index (χ2v) is 3.70. The Hall–Kier alpha value is -2.03. The first-order valence-electron chi connectivity index (χ1n) is 5.23. The van der Waals surface area contributed by atoms with Crippen LogP contribution in [0.2, 0.25) is 0 Å². The zero-order chi connectivity index (χ0) is 13.6. The van der Waals surface area contributed by atoms with Gasteiger partial charge in [-0.3, -0.25) is 4.79 Å². The highest BCUT2D eigenvalue weighted by molar-refractivity contribution is 5.90. The third kappa shape index (κ3) is 5.34. The highest BCUT2D eigenvalue weighted by Gasteiger charge is 2.27. The van der Waals surface area contributed by atoms with Crippen LogP contribution in [0.15, 0.2) is 24.3 Å². The first-order chi connectivity index (χ1) is 8.40. The second kappa shape index (κ2) is 6.05. The first-order valence-corrected chi connectivity index (χ1v) is 5.23. The maximum Gasteiger partial charge on any atom is 0.389 e. The number of anilines is 1. The summed E-state index contributed by atoms with van der Waals surface area (Å²) in [6.45, 7) is 0. The van der Waals surface area contributed by atoms with Gasteiger partial charge in [0.15, 0.2) is 0 Å². The molecule has 1 aromatic rings. The molecular formula is C12H11F3N2O. The lowest BCUT2D eigenvalue weighted by Gasteiger charge is -2.07. The van der Waals surface area contributed by atoms with E-state index in [0.717, 1.165) is 5.56 Å². The Kier molecular flexibility index (Phi) is 4.72. The maximum absolute atomic E-state index is 11.9. The minimum Gasteiger partial charge on any atom is -0.326 e. The average molecular weight is 256 g/mol. The molecule has 1 rings (SSSR count). The summed E-state index contributed by atoms with van der Waals surface area (Å²) in [5.41, 5.74) is 1.20. The van der Waals surface area contributed by atoms with Crippen molar-refractivity contribution < 1.29 is 18.0 Å². The Morgan fingerprint density at radius 1 is 1.28 bits per heavy atom. The molecule has 0 aliphatic rings. The van der Waals surface area contributed by atoms with Crippen LogP contribution in [0, 0.1) is 11.3 Å². The molecule has 0 saturated heterocycles. The van der Waals surface area contributed by atoms with Crippen LogP contribution in [0.3, 0.4) is 0 Å². The fraction of sp³-hybridized carbons (Fsp3) is 0.333. The van der Waals surface area contributed by atoms with Gasteiger partial charge in [-0.15, -0.1) is 0 Å². The van der Waals surface area contributed by atoms with E-state index in [2.05, 4.69) is 5.32 Å². The zero-order valence-corrected chi connectivity index (χ0v) is 9.42. The summed E-state index contributed by atoms with van der Waals surface area (Å²) in [6.07, 6.45) is -5.80. The average Bonchev–Trinajstić information content (AvgIpc) is 2.29. The molecule has 0 fully saturated rings. The molecule has 0 atom stereocenters. The van der Waals surface area contributed by atoms with Crippen molar-refractivity contribution in [3.8, 4) is 6.07 Å². The molecule has 0 heterocycles. The van der Waals surface area contributed by atoms with Gasteiger partial charge in [-0.05, 0) is 17.7 Å². The summed E-state index contributed by atoms with van der Waals surface area (Å²) in [7, 11) is 0. The van der Waals surface area contributed by atoms with Gasteiger partial charge in [-0.2, -0.15) is 18.4 Å². The summed E-state index contributed by atoms with van der Waals surface area (Å²) in [5.74, 6) is -0.680. The molecule has 6 heteroatoms. The van der Waals surface area contributed by atoms with E-state index >= 15 is 0 Å². The van der Waals surface area contributed by atoms with Gasteiger partial charge >= 0.3 is 6.18 Å². The van der Waals surface area contributed by atoms with Gasteiger partial charge in [-0.1, -0.05) is 12.1 Å². The van der Waals surface area contributed by atoms with Crippen LogP contribution in [0.1, 0.15) is 18.4 Å². The highest BCUT2D eigenvalue weighted by Crippen LogP contribution is 2.21. The van der Waals surface area contributed by atoms with Crippen molar-refractivity contribution in [2.75, 3.05) is 5.32 Å². The van der Waals surface area contributed by atoms with E-state index in [1.54, 1.807) is 24.3 Å². The number of nitriles is 1. The molecule has 0 unspecified atom stereocenters. The lowest BCUT2D eigenvalue weighted by Crippen LogP contribution is -2.16.